The quantitative estimate of drug-likeness (QED) is 0.791. The van der Waals surface area contributed by atoms with Crippen LogP contribution in [0.1, 0.15) is 38.5 Å². The van der Waals surface area contributed by atoms with E-state index in [1.807, 2.05) is 18.2 Å². The molecule has 1 saturated carbocycles. The summed E-state index contributed by atoms with van der Waals surface area (Å²) in [4.78, 5) is 0. The molecular formula is C16H24ClNO2. The third kappa shape index (κ3) is 5.31. The van der Waals surface area contributed by atoms with Crippen molar-refractivity contribution in [1.29, 1.82) is 0 Å². The number of hydrogen-bond donors (Lipinski definition) is 2. The molecule has 0 spiro atoms. The molecule has 0 aromatic heterocycles. The Morgan fingerprint density at radius 1 is 1.20 bits per heavy atom. The average molecular weight is 298 g/mol. The predicted molar refractivity (Wildman–Crippen MR) is 82.4 cm³/mol. The monoisotopic (exact) mass is 297 g/mol. The van der Waals surface area contributed by atoms with Crippen molar-refractivity contribution in [2.75, 3.05) is 13.2 Å². The van der Waals surface area contributed by atoms with Crippen LogP contribution in [0.3, 0.4) is 0 Å². The minimum absolute atomic E-state index is 0.267. The Bertz CT molecular complexity index is 392. The molecule has 1 aromatic rings. The Hall–Kier alpha value is -0.770. The van der Waals surface area contributed by atoms with Crippen LogP contribution in [0, 0.1) is 0 Å². The van der Waals surface area contributed by atoms with Gasteiger partial charge in [-0.2, -0.15) is 0 Å². The lowest BCUT2D eigenvalue weighted by atomic mass is 10.1. The molecule has 3 nitrogen and oxygen atoms in total. The number of halogens is 1. The number of benzene rings is 1. The van der Waals surface area contributed by atoms with E-state index in [2.05, 4.69) is 5.32 Å². The molecule has 2 rings (SSSR count). The number of ether oxygens (including phenoxy) is 1. The lowest BCUT2D eigenvalue weighted by molar-refractivity contribution is 0.103. The molecule has 0 radical (unpaired) electrons. The minimum atomic E-state index is -0.505. The van der Waals surface area contributed by atoms with Crippen molar-refractivity contribution in [3.05, 3.63) is 29.3 Å². The van der Waals surface area contributed by atoms with Crippen LogP contribution in [0.25, 0.3) is 0 Å². The van der Waals surface area contributed by atoms with Crippen LogP contribution in [0.2, 0.25) is 5.02 Å². The highest BCUT2D eigenvalue weighted by Crippen LogP contribution is 2.23. The van der Waals surface area contributed by atoms with Gasteiger partial charge in [-0.3, -0.25) is 0 Å². The van der Waals surface area contributed by atoms with E-state index < -0.39 is 6.10 Å². The normalized spacial score (nSPS) is 18.5. The topological polar surface area (TPSA) is 41.5 Å². The van der Waals surface area contributed by atoms with Crippen molar-refractivity contribution in [2.45, 2.75) is 50.7 Å². The Balaban J connectivity index is 1.67. The van der Waals surface area contributed by atoms with Gasteiger partial charge in [-0.15, -0.1) is 0 Å². The first kappa shape index (κ1) is 15.6. The standard InChI is InChI=1S/C16H24ClNO2/c17-15-9-5-6-10-16(15)20-12-14(19)11-18-13-7-3-1-2-4-8-13/h5-6,9-10,13-14,18-19H,1-4,7-8,11-12H2. The van der Waals surface area contributed by atoms with E-state index in [9.17, 15) is 5.11 Å². The van der Waals surface area contributed by atoms with E-state index in [1.54, 1.807) is 6.07 Å². The van der Waals surface area contributed by atoms with Gasteiger partial charge in [-0.05, 0) is 25.0 Å². The van der Waals surface area contributed by atoms with Gasteiger partial charge in [0, 0.05) is 12.6 Å². The molecule has 1 aliphatic rings. The molecule has 20 heavy (non-hydrogen) atoms. The summed E-state index contributed by atoms with van der Waals surface area (Å²) in [5, 5.41) is 14.0. The van der Waals surface area contributed by atoms with Crippen LogP contribution < -0.4 is 10.1 Å². The summed E-state index contributed by atoms with van der Waals surface area (Å²) >= 11 is 6.00. The first-order valence-electron chi connectivity index (χ1n) is 7.54. The number of para-hydroxylation sites is 1. The maximum Gasteiger partial charge on any atom is 0.138 e. The van der Waals surface area contributed by atoms with E-state index in [1.165, 1.54) is 38.5 Å². The molecule has 0 bridgehead atoms. The number of aliphatic hydroxyl groups is 1. The fourth-order valence-electron chi connectivity index (χ4n) is 2.59. The van der Waals surface area contributed by atoms with Crippen molar-refractivity contribution in [3.8, 4) is 5.75 Å². The molecule has 112 valence electrons. The first-order chi connectivity index (χ1) is 9.75. The zero-order chi connectivity index (χ0) is 14.2. The van der Waals surface area contributed by atoms with Gasteiger partial charge in [0.1, 0.15) is 18.5 Å². The summed E-state index contributed by atoms with van der Waals surface area (Å²) in [5.74, 6) is 0.627. The second kappa shape index (κ2) is 8.50. The van der Waals surface area contributed by atoms with Gasteiger partial charge in [-0.1, -0.05) is 49.4 Å². The summed E-state index contributed by atoms with van der Waals surface area (Å²) in [7, 11) is 0. The SMILES string of the molecule is OC(CNC1CCCCCC1)COc1ccccc1Cl. The van der Waals surface area contributed by atoms with Gasteiger partial charge in [-0.25, -0.2) is 0 Å². The second-order valence-corrected chi connectivity index (χ2v) is 5.90. The molecule has 0 saturated heterocycles. The first-order valence-corrected chi connectivity index (χ1v) is 7.92. The molecule has 1 unspecified atom stereocenters. The maximum absolute atomic E-state index is 9.97. The largest absolute Gasteiger partial charge is 0.489 e. The Labute approximate surface area is 126 Å². The summed E-state index contributed by atoms with van der Waals surface area (Å²) < 4.78 is 5.54. The molecule has 0 heterocycles. The number of aliphatic hydroxyl groups excluding tert-OH is 1. The fraction of sp³-hybridized carbons (Fsp3) is 0.625. The van der Waals surface area contributed by atoms with Crippen LogP contribution in [-0.2, 0) is 0 Å². The molecule has 0 amide bonds. The van der Waals surface area contributed by atoms with E-state index in [0.29, 0.717) is 23.4 Å². The summed E-state index contributed by atoms with van der Waals surface area (Å²) in [6.07, 6.45) is 7.21. The number of nitrogens with one attached hydrogen (secondary N) is 1. The minimum Gasteiger partial charge on any atom is -0.489 e. The van der Waals surface area contributed by atoms with Gasteiger partial charge in [0.15, 0.2) is 0 Å². The highest BCUT2D eigenvalue weighted by molar-refractivity contribution is 6.32. The highest BCUT2D eigenvalue weighted by atomic mass is 35.5. The molecule has 1 atom stereocenters. The Morgan fingerprint density at radius 2 is 1.90 bits per heavy atom. The van der Waals surface area contributed by atoms with E-state index in [0.717, 1.165) is 0 Å². The zero-order valence-corrected chi connectivity index (χ0v) is 12.6. The third-order valence-corrected chi connectivity index (χ3v) is 4.08. The van der Waals surface area contributed by atoms with Crippen LogP contribution in [-0.4, -0.2) is 30.4 Å². The second-order valence-electron chi connectivity index (χ2n) is 5.49. The van der Waals surface area contributed by atoms with E-state index in [4.69, 9.17) is 16.3 Å². The molecule has 4 heteroatoms. The Morgan fingerprint density at radius 3 is 2.60 bits per heavy atom. The fourth-order valence-corrected chi connectivity index (χ4v) is 2.78. The maximum atomic E-state index is 9.97. The average Bonchev–Trinajstić information content (AvgIpc) is 2.73. The molecule has 0 aliphatic heterocycles. The van der Waals surface area contributed by atoms with Crippen LogP contribution in [0.15, 0.2) is 24.3 Å². The molecule has 1 aliphatic carbocycles. The van der Waals surface area contributed by atoms with Crippen molar-refractivity contribution in [1.82, 2.24) is 5.32 Å². The summed E-state index contributed by atoms with van der Waals surface area (Å²) in [5.41, 5.74) is 0. The molecule has 1 aromatic carbocycles. The van der Waals surface area contributed by atoms with E-state index in [-0.39, 0.29) is 6.61 Å². The molecule has 1 fully saturated rings. The number of hydrogen-bond acceptors (Lipinski definition) is 3. The van der Waals surface area contributed by atoms with Crippen LogP contribution in [0.4, 0.5) is 0 Å². The van der Waals surface area contributed by atoms with E-state index >= 15 is 0 Å². The van der Waals surface area contributed by atoms with Crippen molar-refractivity contribution >= 4 is 11.6 Å². The van der Waals surface area contributed by atoms with Crippen LogP contribution in [0.5, 0.6) is 5.75 Å². The molecular weight excluding hydrogens is 274 g/mol. The Kier molecular flexibility index (Phi) is 6.64. The predicted octanol–water partition coefficient (Wildman–Crippen LogP) is 3.39. The third-order valence-electron chi connectivity index (χ3n) is 3.77. The van der Waals surface area contributed by atoms with Crippen molar-refractivity contribution in [3.63, 3.8) is 0 Å². The highest BCUT2D eigenvalue weighted by Gasteiger charge is 2.14. The van der Waals surface area contributed by atoms with Gasteiger partial charge in [0.25, 0.3) is 0 Å². The van der Waals surface area contributed by atoms with Crippen molar-refractivity contribution < 1.29 is 9.84 Å². The van der Waals surface area contributed by atoms with Gasteiger partial charge >= 0.3 is 0 Å². The zero-order valence-electron chi connectivity index (χ0n) is 11.9. The lowest BCUT2D eigenvalue weighted by Crippen LogP contribution is -2.37. The van der Waals surface area contributed by atoms with Gasteiger partial charge in [0.05, 0.1) is 5.02 Å². The number of rotatable bonds is 6. The van der Waals surface area contributed by atoms with Gasteiger partial charge in [0.2, 0.25) is 0 Å². The van der Waals surface area contributed by atoms with Crippen molar-refractivity contribution in [2.24, 2.45) is 0 Å². The summed E-state index contributed by atoms with van der Waals surface area (Å²) in [6, 6.07) is 7.88. The smallest absolute Gasteiger partial charge is 0.138 e. The van der Waals surface area contributed by atoms with Crippen LogP contribution >= 0.6 is 11.6 Å². The summed E-state index contributed by atoms with van der Waals surface area (Å²) in [6.45, 7) is 0.846. The molecule has 2 N–H and O–H groups in total. The lowest BCUT2D eigenvalue weighted by Gasteiger charge is -2.19. The van der Waals surface area contributed by atoms with Gasteiger partial charge < -0.3 is 15.2 Å².